The molecule has 0 N–H and O–H groups in total. The fourth-order valence-electron chi connectivity index (χ4n) is 0.798. The number of nitrogens with zero attached hydrogens (tertiary/aromatic N) is 1. The highest BCUT2D eigenvalue weighted by Gasteiger charge is 2.06. The molecule has 1 heterocycles. The molecular formula is C7H11NO. The van der Waals surface area contributed by atoms with Crippen molar-refractivity contribution in [3.8, 4) is 0 Å². The van der Waals surface area contributed by atoms with Gasteiger partial charge in [-0.25, -0.2) is 0 Å². The molecule has 0 radical (unpaired) electrons. The second-order valence-corrected chi connectivity index (χ2v) is 2.18. The van der Waals surface area contributed by atoms with Gasteiger partial charge in [0.1, 0.15) is 0 Å². The van der Waals surface area contributed by atoms with Crippen LogP contribution in [0.15, 0.2) is 17.3 Å². The second-order valence-electron chi connectivity index (χ2n) is 2.18. The molecule has 0 spiro atoms. The van der Waals surface area contributed by atoms with E-state index in [-0.39, 0.29) is 0 Å². The van der Waals surface area contributed by atoms with Gasteiger partial charge < -0.3 is 4.74 Å². The van der Waals surface area contributed by atoms with E-state index in [1.54, 1.807) is 0 Å². The first-order valence-electron chi connectivity index (χ1n) is 3.16. The van der Waals surface area contributed by atoms with Crippen LogP contribution in [-0.2, 0) is 4.74 Å². The smallest absolute Gasteiger partial charge is 0.189 e. The van der Waals surface area contributed by atoms with E-state index in [0.29, 0.717) is 0 Å². The summed E-state index contributed by atoms with van der Waals surface area (Å²) in [4.78, 5) is 4.11. The number of aliphatic imine (C=N–C) groups is 1. The van der Waals surface area contributed by atoms with Crippen molar-refractivity contribution in [2.75, 3.05) is 6.54 Å². The zero-order valence-corrected chi connectivity index (χ0v) is 5.68. The van der Waals surface area contributed by atoms with Gasteiger partial charge in [0.05, 0.1) is 5.76 Å². The van der Waals surface area contributed by atoms with Crippen LogP contribution in [0.1, 0.15) is 19.8 Å². The largest absolute Gasteiger partial charge is 0.449 e. The van der Waals surface area contributed by atoms with Crippen LogP contribution < -0.4 is 0 Å². The lowest BCUT2D eigenvalue weighted by molar-refractivity contribution is 0.411. The number of hydrogen-bond acceptors (Lipinski definition) is 2. The molecule has 0 aromatic rings. The molecule has 2 heteroatoms. The number of ether oxygens (including phenoxy) is 1. The average Bonchev–Trinajstić information content (AvgIpc) is 2.15. The van der Waals surface area contributed by atoms with Crippen LogP contribution in [0.5, 0.6) is 0 Å². The molecule has 1 aliphatic heterocycles. The summed E-state index contributed by atoms with van der Waals surface area (Å²) >= 11 is 0. The first kappa shape index (κ1) is 6.33. The molecule has 1 aliphatic rings. The maximum absolute atomic E-state index is 5.17. The predicted molar refractivity (Wildman–Crippen MR) is 37.4 cm³/mol. The molecule has 0 fully saturated rings. The minimum Gasteiger partial charge on any atom is -0.449 e. The van der Waals surface area contributed by atoms with Gasteiger partial charge in [0.2, 0.25) is 0 Å². The van der Waals surface area contributed by atoms with E-state index in [4.69, 9.17) is 4.74 Å². The minimum absolute atomic E-state index is 0.732. The van der Waals surface area contributed by atoms with Crippen molar-refractivity contribution >= 4 is 5.90 Å². The van der Waals surface area contributed by atoms with E-state index in [9.17, 15) is 0 Å². The fourth-order valence-corrected chi connectivity index (χ4v) is 0.798. The standard InChI is InChI=1S/C7H11NO/c1-6(2)9-7-4-3-5-8-7/h1,3-5H2,2H3. The lowest BCUT2D eigenvalue weighted by atomic mass is 10.4. The van der Waals surface area contributed by atoms with Crippen LogP contribution in [0, 0.1) is 0 Å². The first-order chi connectivity index (χ1) is 4.29. The van der Waals surface area contributed by atoms with Crippen molar-refractivity contribution in [1.29, 1.82) is 0 Å². The molecule has 50 valence electrons. The van der Waals surface area contributed by atoms with Crippen LogP contribution in [-0.4, -0.2) is 12.4 Å². The van der Waals surface area contributed by atoms with Gasteiger partial charge in [-0.1, -0.05) is 6.58 Å². The minimum atomic E-state index is 0.732. The highest BCUT2D eigenvalue weighted by atomic mass is 16.5. The molecule has 2 nitrogen and oxygen atoms in total. The molecule has 0 atom stereocenters. The summed E-state index contributed by atoms with van der Waals surface area (Å²) in [5.74, 6) is 1.58. The molecule has 0 amide bonds. The Bertz CT molecular complexity index is 149. The van der Waals surface area contributed by atoms with Gasteiger partial charge in [0.25, 0.3) is 0 Å². The Labute approximate surface area is 55.2 Å². The Kier molecular flexibility index (Phi) is 1.88. The van der Waals surface area contributed by atoms with Gasteiger partial charge in [-0.3, -0.25) is 4.99 Å². The summed E-state index contributed by atoms with van der Waals surface area (Å²) in [5.41, 5.74) is 0. The fraction of sp³-hybridized carbons (Fsp3) is 0.571. The van der Waals surface area contributed by atoms with Gasteiger partial charge in [-0.2, -0.15) is 0 Å². The van der Waals surface area contributed by atoms with Gasteiger partial charge >= 0.3 is 0 Å². The van der Waals surface area contributed by atoms with Crippen LogP contribution >= 0.6 is 0 Å². The van der Waals surface area contributed by atoms with E-state index in [2.05, 4.69) is 11.6 Å². The normalized spacial score (nSPS) is 17.2. The lowest BCUT2D eigenvalue weighted by Gasteiger charge is -2.00. The first-order valence-corrected chi connectivity index (χ1v) is 3.16. The van der Waals surface area contributed by atoms with Crippen LogP contribution in [0.2, 0.25) is 0 Å². The number of allylic oxidation sites excluding steroid dienone is 1. The third kappa shape index (κ3) is 1.88. The Morgan fingerprint density at radius 1 is 1.78 bits per heavy atom. The van der Waals surface area contributed by atoms with Crippen molar-refractivity contribution in [2.45, 2.75) is 19.8 Å². The summed E-state index contributed by atoms with van der Waals surface area (Å²) in [7, 11) is 0. The van der Waals surface area contributed by atoms with Gasteiger partial charge in [0.15, 0.2) is 5.90 Å². The van der Waals surface area contributed by atoms with E-state index in [0.717, 1.165) is 31.0 Å². The molecule has 9 heavy (non-hydrogen) atoms. The van der Waals surface area contributed by atoms with Crippen molar-refractivity contribution in [2.24, 2.45) is 4.99 Å². The van der Waals surface area contributed by atoms with E-state index in [1.807, 2.05) is 6.92 Å². The Balaban J connectivity index is 2.35. The molecule has 0 bridgehead atoms. The summed E-state index contributed by atoms with van der Waals surface area (Å²) in [6.45, 7) is 6.37. The summed E-state index contributed by atoms with van der Waals surface area (Å²) in [5, 5.41) is 0. The topological polar surface area (TPSA) is 21.6 Å². The van der Waals surface area contributed by atoms with E-state index in [1.165, 1.54) is 0 Å². The third-order valence-corrected chi connectivity index (χ3v) is 1.13. The zero-order chi connectivity index (χ0) is 6.69. The van der Waals surface area contributed by atoms with Crippen molar-refractivity contribution in [3.63, 3.8) is 0 Å². The number of rotatable bonds is 1. The molecular weight excluding hydrogens is 114 g/mol. The maximum atomic E-state index is 5.17. The zero-order valence-electron chi connectivity index (χ0n) is 5.68. The molecule has 0 saturated carbocycles. The van der Waals surface area contributed by atoms with Crippen molar-refractivity contribution < 1.29 is 4.74 Å². The summed E-state index contributed by atoms with van der Waals surface area (Å²) < 4.78 is 5.17. The predicted octanol–water partition coefficient (Wildman–Crippen LogP) is 1.73. The third-order valence-electron chi connectivity index (χ3n) is 1.13. The Hall–Kier alpha value is -0.790. The molecule has 0 unspecified atom stereocenters. The quantitative estimate of drug-likeness (QED) is 0.489. The highest BCUT2D eigenvalue weighted by Crippen LogP contribution is 2.07. The second kappa shape index (κ2) is 2.67. The Morgan fingerprint density at radius 3 is 3.00 bits per heavy atom. The highest BCUT2D eigenvalue weighted by molar-refractivity contribution is 5.78. The summed E-state index contributed by atoms with van der Waals surface area (Å²) in [6, 6.07) is 0. The summed E-state index contributed by atoms with van der Waals surface area (Å²) in [6.07, 6.45) is 2.11. The molecule has 0 saturated heterocycles. The Morgan fingerprint density at radius 2 is 2.56 bits per heavy atom. The van der Waals surface area contributed by atoms with Crippen LogP contribution in [0.4, 0.5) is 0 Å². The molecule has 0 aromatic carbocycles. The van der Waals surface area contributed by atoms with E-state index < -0.39 is 0 Å². The van der Waals surface area contributed by atoms with Crippen LogP contribution in [0.25, 0.3) is 0 Å². The van der Waals surface area contributed by atoms with Crippen LogP contribution in [0.3, 0.4) is 0 Å². The van der Waals surface area contributed by atoms with Crippen molar-refractivity contribution in [3.05, 3.63) is 12.3 Å². The SMILES string of the molecule is C=C(C)OC1=NCCC1. The van der Waals surface area contributed by atoms with Gasteiger partial charge in [-0.05, 0) is 13.3 Å². The lowest BCUT2D eigenvalue weighted by Crippen LogP contribution is -1.96. The molecule has 1 rings (SSSR count). The monoisotopic (exact) mass is 125 g/mol. The molecule has 0 aliphatic carbocycles. The number of hydrogen-bond donors (Lipinski definition) is 0. The van der Waals surface area contributed by atoms with Crippen molar-refractivity contribution in [1.82, 2.24) is 0 Å². The van der Waals surface area contributed by atoms with E-state index >= 15 is 0 Å². The van der Waals surface area contributed by atoms with Gasteiger partial charge in [-0.15, -0.1) is 0 Å². The maximum Gasteiger partial charge on any atom is 0.189 e. The molecule has 0 aromatic heterocycles. The average molecular weight is 125 g/mol. The van der Waals surface area contributed by atoms with Gasteiger partial charge in [0, 0.05) is 13.0 Å².